The Morgan fingerprint density at radius 3 is 0.784 bits per heavy atom. The molecule has 0 spiro atoms. The van der Waals surface area contributed by atoms with Gasteiger partial charge in [-0.15, -0.1) is 0 Å². The second-order valence-corrected chi connectivity index (χ2v) is 27.6. The number of nitrogens with zero attached hydrogens (tertiary/aromatic N) is 6. The fourth-order valence-corrected chi connectivity index (χ4v) is 14.0. The number of rotatable bonds is 9. The molecular formula is C68H81N6+3. The van der Waals surface area contributed by atoms with Crippen molar-refractivity contribution >= 4 is 33.1 Å². The summed E-state index contributed by atoms with van der Waals surface area (Å²) in [4.78, 5) is 0. The van der Waals surface area contributed by atoms with Crippen molar-refractivity contribution in [2.75, 3.05) is 0 Å². The van der Waals surface area contributed by atoms with Gasteiger partial charge in [-0.3, -0.25) is 0 Å². The number of aromatic nitrogens is 6. The van der Waals surface area contributed by atoms with Gasteiger partial charge < -0.3 is 0 Å². The van der Waals surface area contributed by atoms with Gasteiger partial charge in [0.05, 0.1) is 5.41 Å². The van der Waals surface area contributed by atoms with Crippen molar-refractivity contribution in [2.24, 2.45) is 5.41 Å². The quantitative estimate of drug-likeness (QED) is 0.129. The summed E-state index contributed by atoms with van der Waals surface area (Å²) in [6.07, 6.45) is 14.4. The maximum Gasteiger partial charge on any atom is 0.250 e. The lowest BCUT2D eigenvalue weighted by Gasteiger charge is -2.41. The minimum atomic E-state index is -0.318. The highest BCUT2D eigenvalue weighted by Gasteiger charge is 2.45. The lowest BCUT2D eigenvalue weighted by atomic mass is 9.63. The molecule has 0 saturated heterocycles. The molecule has 12 rings (SSSR count). The molecule has 6 heteroatoms. The Balaban J connectivity index is 1.11. The summed E-state index contributed by atoms with van der Waals surface area (Å²) in [6, 6.07) is 48.6. The van der Waals surface area contributed by atoms with Gasteiger partial charge in [0.2, 0.25) is 19.0 Å². The third-order valence-corrected chi connectivity index (χ3v) is 19.1. The maximum atomic E-state index is 2.63. The molecule has 6 nitrogen and oxygen atoms in total. The van der Waals surface area contributed by atoms with Crippen molar-refractivity contribution in [3.05, 3.63) is 180 Å². The average molecular weight is 982 g/mol. The SMILES string of the molecule is CC(C[n+]1cn(-c2ccccc2)c2cc3c(cc21)C(C)(C)CCC3(C)C)(C[n+]1cn(-c2ccccc2)c2cc3c(cc21)C(C)(C)CCC3(C)C)C[n+]1cn(-c2ccccc2)c2cc3c(cc21)C(C)(C)CCC3(C)C. The molecule has 0 amide bonds. The summed E-state index contributed by atoms with van der Waals surface area (Å²) in [5.41, 5.74) is 20.4. The van der Waals surface area contributed by atoms with Crippen LogP contribution in [0.25, 0.3) is 50.2 Å². The first-order chi connectivity index (χ1) is 34.9. The Bertz CT molecular complexity index is 3270. The average Bonchev–Trinajstić information content (AvgIpc) is 4.03. The van der Waals surface area contributed by atoms with Gasteiger partial charge in [-0.2, -0.15) is 13.7 Å². The van der Waals surface area contributed by atoms with Crippen molar-refractivity contribution in [2.45, 2.75) is 181 Å². The largest absolute Gasteiger partial charge is 0.250 e. The van der Waals surface area contributed by atoms with Crippen LogP contribution in [0.2, 0.25) is 0 Å². The van der Waals surface area contributed by atoms with Crippen LogP contribution in [-0.4, -0.2) is 13.7 Å². The summed E-state index contributed by atoms with van der Waals surface area (Å²) in [5.74, 6) is 0. The van der Waals surface area contributed by atoms with Gasteiger partial charge in [-0.25, -0.2) is 13.7 Å². The van der Waals surface area contributed by atoms with Crippen molar-refractivity contribution < 1.29 is 13.7 Å². The lowest BCUT2D eigenvalue weighted by Crippen LogP contribution is -2.56. The Morgan fingerprint density at radius 2 is 0.554 bits per heavy atom. The van der Waals surface area contributed by atoms with E-state index in [4.69, 9.17) is 0 Å². The monoisotopic (exact) mass is 982 g/mol. The highest BCUT2D eigenvalue weighted by molar-refractivity contribution is 5.80. The molecule has 9 aromatic rings. The van der Waals surface area contributed by atoms with Crippen LogP contribution in [0, 0.1) is 5.41 Å². The fraction of sp³-hybridized carbons (Fsp3) is 0.426. The standard InChI is InChI=1S/C68H81N6/c1-62(2)29-32-65(7,8)53-38-59-56(35-50(53)62)69(44-72(59)47-23-17-14-18-24-47)41-68(13,42-70-45-73(48-25-19-15-20-26-48)60-39-54-51(36-57(60)70)63(3,4)30-33-66(54,9)10)43-71-46-74(49-27-21-16-22-28-49)61-40-55-52(37-58(61)71)64(5,6)31-34-67(55,11)12/h14-28,35-40,44-46H,29-34,41-43H2,1-13H3/q+3. The van der Waals surface area contributed by atoms with E-state index in [1.165, 1.54) is 122 Å². The van der Waals surface area contributed by atoms with E-state index in [0.717, 1.165) is 19.6 Å². The molecule has 0 unspecified atom stereocenters. The first-order valence-corrected chi connectivity index (χ1v) is 27.9. The predicted molar refractivity (Wildman–Crippen MR) is 304 cm³/mol. The third-order valence-electron chi connectivity index (χ3n) is 19.1. The summed E-state index contributed by atoms with van der Waals surface area (Å²) in [7, 11) is 0. The van der Waals surface area contributed by atoms with E-state index >= 15 is 0 Å². The summed E-state index contributed by atoms with van der Waals surface area (Å²) < 4.78 is 15.3. The van der Waals surface area contributed by atoms with E-state index < -0.39 is 0 Å². The van der Waals surface area contributed by atoms with Crippen LogP contribution < -0.4 is 13.7 Å². The van der Waals surface area contributed by atoms with E-state index in [2.05, 4.69) is 264 Å². The van der Waals surface area contributed by atoms with Crippen LogP contribution in [0.4, 0.5) is 0 Å². The normalized spacial score (nSPS) is 19.1. The minimum absolute atomic E-state index is 0.0716. The van der Waals surface area contributed by atoms with Gasteiger partial charge in [-0.1, -0.05) is 138 Å². The smallest absolute Gasteiger partial charge is 0.229 e. The maximum absolute atomic E-state index is 2.63. The van der Waals surface area contributed by atoms with Crippen LogP contribution >= 0.6 is 0 Å². The van der Waals surface area contributed by atoms with E-state index in [9.17, 15) is 0 Å². The molecule has 0 radical (unpaired) electrons. The number of para-hydroxylation sites is 3. The van der Waals surface area contributed by atoms with Crippen molar-refractivity contribution in [3.63, 3.8) is 0 Å². The molecule has 0 saturated carbocycles. The topological polar surface area (TPSA) is 26.4 Å². The Hall–Kier alpha value is -6.27. The van der Waals surface area contributed by atoms with Gasteiger partial charge in [0.1, 0.15) is 36.7 Å². The lowest BCUT2D eigenvalue weighted by molar-refractivity contribution is -0.760. The zero-order valence-electron chi connectivity index (χ0n) is 46.9. The first kappa shape index (κ1) is 48.7. The zero-order valence-corrected chi connectivity index (χ0v) is 46.9. The van der Waals surface area contributed by atoms with E-state index in [-0.39, 0.29) is 37.9 Å². The van der Waals surface area contributed by atoms with Crippen molar-refractivity contribution in [3.8, 4) is 17.1 Å². The highest BCUT2D eigenvalue weighted by atomic mass is 15.2. The summed E-state index contributed by atoms with van der Waals surface area (Å²) >= 11 is 0. The molecular weight excluding hydrogens is 901 g/mol. The molecule has 3 aliphatic rings. The van der Waals surface area contributed by atoms with E-state index in [0.29, 0.717) is 0 Å². The number of hydrogen-bond acceptors (Lipinski definition) is 0. The van der Waals surface area contributed by atoms with Gasteiger partial charge in [0, 0.05) is 0 Å². The highest BCUT2D eigenvalue weighted by Crippen LogP contribution is 2.50. The van der Waals surface area contributed by atoms with Gasteiger partial charge in [0.25, 0.3) is 0 Å². The number of fused-ring (bicyclic) bond motifs is 6. The molecule has 6 aromatic carbocycles. The number of imidazole rings is 3. The van der Waals surface area contributed by atoms with Crippen LogP contribution in [0.5, 0.6) is 0 Å². The molecule has 0 fully saturated rings. The number of hydrogen-bond donors (Lipinski definition) is 0. The van der Waals surface area contributed by atoms with Crippen LogP contribution in [0.3, 0.4) is 0 Å². The zero-order chi connectivity index (χ0) is 52.0. The van der Waals surface area contributed by atoms with Gasteiger partial charge >= 0.3 is 0 Å². The molecule has 0 aliphatic heterocycles. The van der Waals surface area contributed by atoms with Gasteiger partial charge in [-0.05, 0) is 184 Å². The van der Waals surface area contributed by atoms with Crippen molar-refractivity contribution in [1.82, 2.24) is 13.7 Å². The van der Waals surface area contributed by atoms with Crippen LogP contribution in [-0.2, 0) is 52.1 Å². The third kappa shape index (κ3) is 7.98. The Labute approximate surface area is 441 Å². The predicted octanol–water partition coefficient (Wildman–Crippen LogP) is 14.8. The molecule has 0 bridgehead atoms. The van der Waals surface area contributed by atoms with Crippen LogP contribution in [0.15, 0.2) is 146 Å². The second kappa shape index (κ2) is 16.6. The molecule has 3 heterocycles. The Morgan fingerprint density at radius 1 is 0.338 bits per heavy atom. The van der Waals surface area contributed by atoms with Crippen LogP contribution in [0.1, 0.15) is 162 Å². The minimum Gasteiger partial charge on any atom is -0.229 e. The Kier molecular flexibility index (Phi) is 10.9. The second-order valence-electron chi connectivity index (χ2n) is 27.6. The molecule has 74 heavy (non-hydrogen) atoms. The van der Waals surface area contributed by atoms with E-state index in [1.807, 2.05) is 0 Å². The fourth-order valence-electron chi connectivity index (χ4n) is 14.0. The summed E-state index contributed by atoms with van der Waals surface area (Å²) in [5, 5.41) is 0. The number of benzene rings is 6. The molecule has 0 atom stereocenters. The molecule has 380 valence electrons. The van der Waals surface area contributed by atoms with Gasteiger partial charge in [0.15, 0.2) is 33.1 Å². The van der Waals surface area contributed by atoms with E-state index in [1.54, 1.807) is 0 Å². The van der Waals surface area contributed by atoms with Crippen molar-refractivity contribution in [1.29, 1.82) is 0 Å². The molecule has 0 N–H and O–H groups in total. The summed E-state index contributed by atoms with van der Waals surface area (Å²) in [6.45, 7) is 34.5. The molecule has 3 aliphatic carbocycles. The first-order valence-electron chi connectivity index (χ1n) is 27.9. The molecule has 3 aromatic heterocycles.